The van der Waals surface area contributed by atoms with Gasteiger partial charge in [0, 0.05) is 5.56 Å². The maximum atomic E-state index is 11.9. The molecule has 0 radical (unpaired) electrons. The molecule has 0 aliphatic heterocycles. The third-order valence-electron chi connectivity index (χ3n) is 2.90. The molecule has 0 aliphatic rings. The van der Waals surface area contributed by atoms with Crippen LogP contribution in [0.4, 0.5) is 0 Å². The van der Waals surface area contributed by atoms with Crippen molar-refractivity contribution in [3.63, 3.8) is 0 Å². The van der Waals surface area contributed by atoms with E-state index in [1.807, 2.05) is 0 Å². The maximum absolute atomic E-state index is 11.9. The van der Waals surface area contributed by atoms with Crippen molar-refractivity contribution in [2.75, 3.05) is 0 Å². The molecule has 3 rings (SSSR count). The normalized spacial score (nSPS) is 10.7. The summed E-state index contributed by atoms with van der Waals surface area (Å²) in [6.07, 6.45) is 0. The van der Waals surface area contributed by atoms with Gasteiger partial charge in [-0.05, 0) is 47.9 Å². The van der Waals surface area contributed by atoms with E-state index in [0.717, 1.165) is 0 Å². The summed E-state index contributed by atoms with van der Waals surface area (Å²) >= 11 is 0. The molecule has 1 heterocycles. The molecule has 94 valence electrons. The third-order valence-corrected chi connectivity index (χ3v) is 2.90. The van der Waals surface area contributed by atoms with E-state index in [9.17, 15) is 15.0 Å². The van der Waals surface area contributed by atoms with Crippen LogP contribution in [0.5, 0.6) is 11.5 Å². The van der Waals surface area contributed by atoms with Crippen molar-refractivity contribution in [2.45, 2.75) is 0 Å². The Bertz CT molecular complexity index is 800. The van der Waals surface area contributed by atoms with Gasteiger partial charge in [0.25, 0.3) is 0 Å². The van der Waals surface area contributed by atoms with Crippen molar-refractivity contribution in [3.8, 4) is 22.8 Å². The van der Waals surface area contributed by atoms with Crippen LogP contribution < -0.4 is 5.63 Å². The van der Waals surface area contributed by atoms with Crippen molar-refractivity contribution in [2.24, 2.45) is 0 Å². The summed E-state index contributed by atoms with van der Waals surface area (Å²) in [5.41, 5.74) is 0.196. The second-order valence-electron chi connectivity index (χ2n) is 4.22. The Balaban J connectivity index is 2.24. The first-order valence-corrected chi connectivity index (χ1v) is 5.70. The molecule has 0 spiro atoms. The van der Waals surface area contributed by atoms with Gasteiger partial charge in [-0.1, -0.05) is 6.07 Å². The number of benzene rings is 2. The predicted octanol–water partition coefficient (Wildman–Crippen LogP) is 2.87. The van der Waals surface area contributed by atoms with E-state index in [4.69, 9.17) is 4.42 Å². The summed E-state index contributed by atoms with van der Waals surface area (Å²) in [4.78, 5) is 11.9. The zero-order valence-corrected chi connectivity index (χ0v) is 9.83. The van der Waals surface area contributed by atoms with Gasteiger partial charge in [0.1, 0.15) is 17.3 Å². The lowest BCUT2D eigenvalue weighted by Gasteiger charge is -2.03. The Hall–Kier alpha value is -2.75. The molecular weight excluding hydrogens is 244 g/mol. The van der Waals surface area contributed by atoms with E-state index in [1.54, 1.807) is 24.3 Å². The van der Waals surface area contributed by atoms with Crippen LogP contribution in [-0.4, -0.2) is 10.2 Å². The van der Waals surface area contributed by atoms with Crippen LogP contribution in [0.15, 0.2) is 57.7 Å². The second-order valence-corrected chi connectivity index (χ2v) is 4.22. The second kappa shape index (κ2) is 4.17. The molecule has 0 saturated heterocycles. The van der Waals surface area contributed by atoms with Crippen LogP contribution in [0.1, 0.15) is 0 Å². The largest absolute Gasteiger partial charge is 0.508 e. The molecule has 2 N–H and O–H groups in total. The Morgan fingerprint density at radius 2 is 1.53 bits per heavy atom. The van der Waals surface area contributed by atoms with Crippen LogP contribution in [0.25, 0.3) is 22.1 Å². The van der Waals surface area contributed by atoms with E-state index >= 15 is 0 Å². The van der Waals surface area contributed by atoms with Gasteiger partial charge in [0.05, 0.1) is 5.39 Å². The van der Waals surface area contributed by atoms with Crippen molar-refractivity contribution in [3.05, 3.63) is 59.0 Å². The highest BCUT2D eigenvalue weighted by Crippen LogP contribution is 2.25. The van der Waals surface area contributed by atoms with Crippen molar-refractivity contribution >= 4 is 10.8 Å². The number of aromatic hydroxyl groups is 2. The van der Waals surface area contributed by atoms with Gasteiger partial charge in [-0.2, -0.15) is 0 Å². The summed E-state index contributed by atoms with van der Waals surface area (Å²) in [6.45, 7) is 0. The smallest absolute Gasteiger partial charge is 0.344 e. The van der Waals surface area contributed by atoms with Gasteiger partial charge in [-0.3, -0.25) is 0 Å². The molecule has 19 heavy (non-hydrogen) atoms. The van der Waals surface area contributed by atoms with Gasteiger partial charge >= 0.3 is 5.63 Å². The predicted molar refractivity (Wildman–Crippen MR) is 71.2 cm³/mol. The highest BCUT2D eigenvalue weighted by molar-refractivity contribution is 5.85. The van der Waals surface area contributed by atoms with E-state index < -0.39 is 5.63 Å². The fourth-order valence-electron chi connectivity index (χ4n) is 1.94. The topological polar surface area (TPSA) is 70.7 Å². The summed E-state index contributed by atoms with van der Waals surface area (Å²) in [5.74, 6) is 0.595. The number of phenolic OH excluding ortho intramolecular Hbond substituents is 2. The Kier molecular flexibility index (Phi) is 2.49. The number of hydrogen-bond donors (Lipinski definition) is 2. The van der Waals surface area contributed by atoms with Crippen molar-refractivity contribution in [1.29, 1.82) is 0 Å². The fraction of sp³-hybridized carbons (Fsp3) is 0. The van der Waals surface area contributed by atoms with Gasteiger partial charge in [0.15, 0.2) is 0 Å². The molecule has 0 bridgehead atoms. The molecule has 0 saturated carbocycles. The van der Waals surface area contributed by atoms with Gasteiger partial charge in [0.2, 0.25) is 0 Å². The molecule has 4 heteroatoms. The SMILES string of the molecule is O=c1oc(-c2ccc(O)cc2)cc2ccc(O)cc12. The van der Waals surface area contributed by atoms with Crippen molar-refractivity contribution < 1.29 is 14.6 Å². The number of phenols is 2. The van der Waals surface area contributed by atoms with E-state index in [0.29, 0.717) is 22.1 Å². The molecule has 1 aromatic heterocycles. The number of fused-ring (bicyclic) bond motifs is 1. The molecule has 4 nitrogen and oxygen atoms in total. The van der Waals surface area contributed by atoms with Gasteiger partial charge in [-0.15, -0.1) is 0 Å². The Morgan fingerprint density at radius 1 is 0.842 bits per heavy atom. The number of rotatable bonds is 1. The van der Waals surface area contributed by atoms with Crippen LogP contribution in [0, 0.1) is 0 Å². The quantitative estimate of drug-likeness (QED) is 0.700. The maximum Gasteiger partial charge on any atom is 0.344 e. The minimum atomic E-state index is -0.503. The number of hydrogen-bond acceptors (Lipinski definition) is 4. The van der Waals surface area contributed by atoms with Crippen LogP contribution >= 0.6 is 0 Å². The summed E-state index contributed by atoms with van der Waals surface area (Å²) in [7, 11) is 0. The fourth-order valence-corrected chi connectivity index (χ4v) is 1.94. The van der Waals surface area contributed by atoms with Crippen LogP contribution in [0.2, 0.25) is 0 Å². The zero-order chi connectivity index (χ0) is 13.4. The highest BCUT2D eigenvalue weighted by atomic mass is 16.4. The first-order valence-electron chi connectivity index (χ1n) is 5.70. The lowest BCUT2D eigenvalue weighted by Crippen LogP contribution is -1.99. The summed E-state index contributed by atoms with van der Waals surface area (Å²) < 4.78 is 5.22. The molecular formula is C15H10O4. The zero-order valence-electron chi connectivity index (χ0n) is 9.83. The summed E-state index contributed by atoms with van der Waals surface area (Å²) in [5, 5.41) is 19.6. The first kappa shape index (κ1) is 11.3. The minimum Gasteiger partial charge on any atom is -0.508 e. The Morgan fingerprint density at radius 3 is 2.26 bits per heavy atom. The molecule has 0 amide bonds. The van der Waals surface area contributed by atoms with Crippen LogP contribution in [0.3, 0.4) is 0 Å². The van der Waals surface area contributed by atoms with Gasteiger partial charge < -0.3 is 14.6 Å². The van der Waals surface area contributed by atoms with E-state index in [2.05, 4.69) is 0 Å². The first-order chi connectivity index (χ1) is 9.13. The monoisotopic (exact) mass is 254 g/mol. The highest BCUT2D eigenvalue weighted by Gasteiger charge is 2.07. The van der Waals surface area contributed by atoms with E-state index in [-0.39, 0.29) is 11.5 Å². The van der Waals surface area contributed by atoms with Crippen molar-refractivity contribution in [1.82, 2.24) is 0 Å². The standard InChI is InChI=1S/C15H10O4/c16-11-4-1-9(2-5-11)14-7-10-3-6-12(17)8-13(10)15(18)19-14/h1-8,16-17H. The molecule has 2 aromatic carbocycles. The molecule has 0 aliphatic carbocycles. The van der Waals surface area contributed by atoms with Gasteiger partial charge in [-0.25, -0.2) is 4.79 Å². The lowest BCUT2D eigenvalue weighted by molar-refractivity contribution is 0.474. The Labute approximate surface area is 108 Å². The minimum absolute atomic E-state index is 0.0252. The average molecular weight is 254 g/mol. The average Bonchev–Trinajstić information content (AvgIpc) is 2.40. The molecule has 0 unspecified atom stereocenters. The summed E-state index contributed by atoms with van der Waals surface area (Å²) in [6, 6.07) is 12.7. The molecule has 0 atom stereocenters. The van der Waals surface area contributed by atoms with Crippen LogP contribution in [-0.2, 0) is 0 Å². The molecule has 0 fully saturated rings. The van der Waals surface area contributed by atoms with E-state index in [1.165, 1.54) is 24.3 Å². The lowest BCUT2D eigenvalue weighted by atomic mass is 10.1. The third kappa shape index (κ3) is 2.04. The molecule has 3 aromatic rings.